The zero-order valence-corrected chi connectivity index (χ0v) is 15.3. The predicted octanol–water partition coefficient (Wildman–Crippen LogP) is 3.80. The first-order valence-corrected chi connectivity index (χ1v) is 9.27. The molecule has 0 heterocycles. The number of nitrogens with one attached hydrogen (secondary N) is 2. The molecule has 0 aliphatic carbocycles. The Labute approximate surface area is 160 Å². The van der Waals surface area contributed by atoms with Crippen molar-refractivity contribution in [2.24, 2.45) is 0 Å². The quantitative estimate of drug-likeness (QED) is 0.480. The molecule has 3 aromatic rings. The van der Waals surface area contributed by atoms with Crippen LogP contribution >= 0.6 is 0 Å². The molecular weight excluding hydrogens is 336 g/mol. The van der Waals surface area contributed by atoms with Gasteiger partial charge < -0.3 is 20.5 Å². The standard InChI is InChI=1S/C23H26N2O2/c26-22(18-27-23-12-5-2-6-13-23)17-24-14-15-25-21-11-7-10-20(16-21)19-8-3-1-4-9-19/h1-13,16,22,24-26H,14-15,17-18H2/t22-/m1/s1. The van der Waals surface area contributed by atoms with Crippen LogP contribution in [0, 0.1) is 0 Å². The minimum Gasteiger partial charge on any atom is -0.491 e. The van der Waals surface area contributed by atoms with Crippen molar-refractivity contribution in [3.63, 3.8) is 0 Å². The normalized spacial score (nSPS) is 11.7. The van der Waals surface area contributed by atoms with E-state index in [-0.39, 0.29) is 6.61 Å². The van der Waals surface area contributed by atoms with Crippen molar-refractivity contribution in [1.29, 1.82) is 0 Å². The summed E-state index contributed by atoms with van der Waals surface area (Å²) in [5.74, 6) is 0.775. The van der Waals surface area contributed by atoms with Gasteiger partial charge in [-0.25, -0.2) is 0 Å². The second-order valence-corrected chi connectivity index (χ2v) is 6.36. The highest BCUT2D eigenvalue weighted by Gasteiger charge is 2.04. The molecule has 27 heavy (non-hydrogen) atoms. The summed E-state index contributed by atoms with van der Waals surface area (Å²) in [4.78, 5) is 0. The Morgan fingerprint density at radius 1 is 0.778 bits per heavy atom. The van der Waals surface area contributed by atoms with Crippen LogP contribution < -0.4 is 15.4 Å². The predicted molar refractivity (Wildman–Crippen MR) is 111 cm³/mol. The fourth-order valence-electron chi connectivity index (χ4n) is 2.77. The van der Waals surface area contributed by atoms with E-state index in [9.17, 15) is 5.11 Å². The van der Waals surface area contributed by atoms with Gasteiger partial charge in [-0.3, -0.25) is 0 Å². The second-order valence-electron chi connectivity index (χ2n) is 6.36. The average Bonchev–Trinajstić information content (AvgIpc) is 2.74. The molecule has 0 bridgehead atoms. The van der Waals surface area contributed by atoms with E-state index in [1.165, 1.54) is 11.1 Å². The van der Waals surface area contributed by atoms with E-state index in [0.29, 0.717) is 6.54 Å². The number of aliphatic hydroxyl groups is 1. The van der Waals surface area contributed by atoms with Crippen molar-refractivity contribution in [1.82, 2.24) is 5.32 Å². The van der Waals surface area contributed by atoms with Crippen LogP contribution in [0.4, 0.5) is 5.69 Å². The summed E-state index contributed by atoms with van der Waals surface area (Å²) >= 11 is 0. The third-order valence-electron chi connectivity index (χ3n) is 4.17. The van der Waals surface area contributed by atoms with Gasteiger partial charge in [0.2, 0.25) is 0 Å². The van der Waals surface area contributed by atoms with Gasteiger partial charge in [0.15, 0.2) is 0 Å². The van der Waals surface area contributed by atoms with Crippen molar-refractivity contribution < 1.29 is 9.84 Å². The van der Waals surface area contributed by atoms with E-state index in [1.807, 2.05) is 48.5 Å². The van der Waals surface area contributed by atoms with Crippen LogP contribution in [0.25, 0.3) is 11.1 Å². The van der Waals surface area contributed by atoms with Crippen LogP contribution in [0.15, 0.2) is 84.9 Å². The molecule has 0 aliphatic heterocycles. The van der Waals surface area contributed by atoms with Crippen LogP contribution in [0.5, 0.6) is 5.75 Å². The fraction of sp³-hybridized carbons (Fsp3) is 0.217. The third kappa shape index (κ3) is 6.44. The summed E-state index contributed by atoms with van der Waals surface area (Å²) in [7, 11) is 0. The maximum atomic E-state index is 9.98. The topological polar surface area (TPSA) is 53.5 Å². The van der Waals surface area contributed by atoms with Gasteiger partial charge in [0.25, 0.3) is 0 Å². The van der Waals surface area contributed by atoms with Crippen LogP contribution in [-0.4, -0.2) is 37.5 Å². The van der Waals surface area contributed by atoms with Gasteiger partial charge in [-0.15, -0.1) is 0 Å². The molecule has 140 valence electrons. The molecule has 0 aliphatic rings. The number of benzene rings is 3. The van der Waals surface area contributed by atoms with E-state index in [4.69, 9.17) is 4.74 Å². The van der Waals surface area contributed by atoms with Crippen molar-refractivity contribution in [3.05, 3.63) is 84.9 Å². The number of aliphatic hydroxyl groups excluding tert-OH is 1. The molecule has 0 aromatic heterocycles. The molecule has 0 saturated heterocycles. The zero-order chi connectivity index (χ0) is 18.7. The lowest BCUT2D eigenvalue weighted by Gasteiger charge is -2.14. The molecule has 1 atom stereocenters. The lowest BCUT2D eigenvalue weighted by molar-refractivity contribution is 0.107. The number of hydrogen-bond donors (Lipinski definition) is 3. The van der Waals surface area contributed by atoms with Crippen molar-refractivity contribution >= 4 is 5.69 Å². The monoisotopic (exact) mass is 362 g/mol. The first-order chi connectivity index (χ1) is 13.3. The van der Waals surface area contributed by atoms with Crippen molar-refractivity contribution in [2.45, 2.75) is 6.10 Å². The number of rotatable bonds is 10. The fourth-order valence-corrected chi connectivity index (χ4v) is 2.77. The van der Waals surface area contributed by atoms with E-state index in [1.54, 1.807) is 0 Å². The minimum atomic E-state index is -0.536. The lowest BCUT2D eigenvalue weighted by atomic mass is 10.1. The Kier molecular flexibility index (Phi) is 7.27. The molecule has 0 saturated carbocycles. The Hall–Kier alpha value is -2.82. The molecule has 0 radical (unpaired) electrons. The van der Waals surface area contributed by atoms with E-state index >= 15 is 0 Å². The van der Waals surface area contributed by atoms with Gasteiger partial charge in [0, 0.05) is 25.3 Å². The minimum absolute atomic E-state index is 0.281. The van der Waals surface area contributed by atoms with Crippen molar-refractivity contribution in [3.8, 4) is 16.9 Å². The molecule has 3 rings (SSSR count). The highest BCUT2D eigenvalue weighted by atomic mass is 16.5. The SMILES string of the molecule is O[C@H](CNCCNc1cccc(-c2ccccc2)c1)COc1ccccc1. The van der Waals surface area contributed by atoms with Gasteiger partial charge in [-0.2, -0.15) is 0 Å². The number of ether oxygens (including phenoxy) is 1. The summed E-state index contributed by atoms with van der Waals surface area (Å²) in [6.45, 7) is 2.32. The van der Waals surface area contributed by atoms with Crippen molar-refractivity contribution in [2.75, 3.05) is 31.6 Å². The first kappa shape index (κ1) is 19.0. The van der Waals surface area contributed by atoms with Crippen LogP contribution in [0.1, 0.15) is 0 Å². The highest BCUT2D eigenvalue weighted by molar-refractivity contribution is 5.67. The molecule has 3 N–H and O–H groups in total. The largest absolute Gasteiger partial charge is 0.491 e. The van der Waals surface area contributed by atoms with Crippen LogP contribution in [-0.2, 0) is 0 Å². The number of hydrogen-bond acceptors (Lipinski definition) is 4. The number of para-hydroxylation sites is 1. The van der Waals surface area contributed by atoms with Gasteiger partial charge in [0.05, 0.1) is 0 Å². The van der Waals surface area contributed by atoms with Gasteiger partial charge >= 0.3 is 0 Å². The molecule has 0 unspecified atom stereocenters. The van der Waals surface area contributed by atoms with Crippen LogP contribution in [0.3, 0.4) is 0 Å². The molecule has 0 spiro atoms. The Balaban J connectivity index is 1.34. The second kappa shape index (κ2) is 10.4. The van der Waals surface area contributed by atoms with Gasteiger partial charge in [-0.05, 0) is 35.4 Å². The summed E-state index contributed by atoms with van der Waals surface area (Å²) in [5, 5.41) is 16.6. The first-order valence-electron chi connectivity index (χ1n) is 9.27. The maximum Gasteiger partial charge on any atom is 0.119 e. The Morgan fingerprint density at radius 3 is 2.26 bits per heavy atom. The third-order valence-corrected chi connectivity index (χ3v) is 4.17. The van der Waals surface area contributed by atoms with Gasteiger partial charge in [-0.1, -0.05) is 60.7 Å². The molecule has 0 fully saturated rings. The van der Waals surface area contributed by atoms with Crippen LogP contribution in [0.2, 0.25) is 0 Å². The highest BCUT2D eigenvalue weighted by Crippen LogP contribution is 2.22. The summed E-state index contributed by atoms with van der Waals surface area (Å²) in [5.41, 5.74) is 3.49. The molecule has 4 heteroatoms. The van der Waals surface area contributed by atoms with E-state index in [2.05, 4.69) is 47.0 Å². The Bertz CT molecular complexity index is 794. The molecule has 4 nitrogen and oxygen atoms in total. The summed E-state index contributed by atoms with van der Waals surface area (Å²) in [6, 6.07) is 28.3. The lowest BCUT2D eigenvalue weighted by Crippen LogP contribution is -2.34. The Morgan fingerprint density at radius 2 is 1.48 bits per heavy atom. The van der Waals surface area contributed by atoms with Gasteiger partial charge in [0.1, 0.15) is 18.5 Å². The summed E-state index contributed by atoms with van der Waals surface area (Å²) < 4.78 is 5.54. The molecular formula is C23H26N2O2. The number of anilines is 1. The molecule has 3 aromatic carbocycles. The van der Waals surface area contributed by atoms with E-state index < -0.39 is 6.10 Å². The smallest absolute Gasteiger partial charge is 0.119 e. The maximum absolute atomic E-state index is 9.98. The molecule has 0 amide bonds. The van der Waals surface area contributed by atoms with E-state index in [0.717, 1.165) is 24.5 Å². The summed E-state index contributed by atoms with van der Waals surface area (Å²) in [6.07, 6.45) is -0.536. The average molecular weight is 362 g/mol. The zero-order valence-electron chi connectivity index (χ0n) is 15.3.